The summed E-state index contributed by atoms with van der Waals surface area (Å²) in [5.41, 5.74) is -0.173. The van der Waals surface area contributed by atoms with Gasteiger partial charge in [0.25, 0.3) is 5.82 Å². The van der Waals surface area contributed by atoms with Crippen LogP contribution in [0, 0.1) is 5.41 Å². The van der Waals surface area contributed by atoms with Crippen molar-refractivity contribution in [3.8, 4) is 0 Å². The molecule has 2 N–H and O–H groups in total. The molecule has 0 aliphatic heterocycles. The number of nitrogens with one attached hydrogen (secondary N) is 1. The fourth-order valence-electron chi connectivity index (χ4n) is 1.78. The molecule has 0 atom stereocenters. The highest BCUT2D eigenvalue weighted by Crippen LogP contribution is 2.27. The number of aliphatic hydroxyl groups excluding tert-OH is 1. The van der Waals surface area contributed by atoms with Crippen LogP contribution in [0.3, 0.4) is 0 Å². The van der Waals surface area contributed by atoms with Crippen molar-refractivity contribution in [2.45, 2.75) is 26.4 Å². The number of halogens is 3. The minimum atomic E-state index is -4.61. The Balaban J connectivity index is 2.22. The van der Waals surface area contributed by atoms with Crippen molar-refractivity contribution in [2.75, 3.05) is 18.5 Å². The number of hydrogen-bond donors (Lipinski definition) is 2. The molecule has 0 aliphatic carbocycles. The molecular weight excluding hydrogens is 287 g/mol. The second-order valence-corrected chi connectivity index (χ2v) is 5.50. The Hall–Kier alpha value is -1.90. The zero-order valence-electron chi connectivity index (χ0n) is 11.6. The molecule has 0 amide bonds. The molecule has 0 spiro atoms. The molecular formula is C12H16F3N5O. The molecule has 2 aromatic rings. The van der Waals surface area contributed by atoms with E-state index in [1.54, 1.807) is 6.07 Å². The van der Waals surface area contributed by atoms with Crippen molar-refractivity contribution in [1.82, 2.24) is 19.8 Å². The van der Waals surface area contributed by atoms with Crippen molar-refractivity contribution in [3.05, 3.63) is 18.0 Å². The fourth-order valence-corrected chi connectivity index (χ4v) is 1.78. The van der Waals surface area contributed by atoms with Crippen molar-refractivity contribution in [2.24, 2.45) is 5.41 Å². The van der Waals surface area contributed by atoms with E-state index in [1.165, 1.54) is 6.07 Å². The van der Waals surface area contributed by atoms with Crippen molar-refractivity contribution in [3.63, 3.8) is 0 Å². The molecule has 6 nitrogen and oxygen atoms in total. The maximum atomic E-state index is 12.7. The molecule has 2 heterocycles. The quantitative estimate of drug-likeness (QED) is 0.883. The normalized spacial score (nSPS) is 12.9. The van der Waals surface area contributed by atoms with E-state index >= 15 is 0 Å². The minimum absolute atomic E-state index is 0.0301. The highest BCUT2D eigenvalue weighted by atomic mass is 19.4. The van der Waals surface area contributed by atoms with E-state index in [4.69, 9.17) is 5.11 Å². The van der Waals surface area contributed by atoms with Crippen LogP contribution >= 0.6 is 0 Å². The lowest BCUT2D eigenvalue weighted by Gasteiger charge is -2.24. The van der Waals surface area contributed by atoms with Gasteiger partial charge in [-0.05, 0) is 24.0 Å². The molecule has 0 fully saturated rings. The standard InChI is InChI=1S/C12H16F3N5O/c1-11(2,5-6-21)7-16-8-3-4-9-17-18-10(12(13,14)15)20(9)19-8/h3-4,21H,5-7H2,1-2H3,(H,16,19). The molecule has 0 saturated heterocycles. The topological polar surface area (TPSA) is 75.3 Å². The summed E-state index contributed by atoms with van der Waals surface area (Å²) in [5, 5.41) is 22.3. The summed E-state index contributed by atoms with van der Waals surface area (Å²) < 4.78 is 38.9. The largest absolute Gasteiger partial charge is 0.453 e. The van der Waals surface area contributed by atoms with Gasteiger partial charge in [-0.3, -0.25) is 0 Å². The molecule has 0 unspecified atom stereocenters. The van der Waals surface area contributed by atoms with Crippen LogP contribution in [0.5, 0.6) is 0 Å². The average Bonchev–Trinajstić information content (AvgIpc) is 2.79. The molecule has 2 aromatic heterocycles. The van der Waals surface area contributed by atoms with E-state index in [1.807, 2.05) is 13.8 Å². The Morgan fingerprint density at radius 2 is 1.95 bits per heavy atom. The van der Waals surface area contributed by atoms with Crippen molar-refractivity contribution in [1.29, 1.82) is 0 Å². The number of aromatic nitrogens is 4. The Kier molecular flexibility index (Phi) is 4.04. The monoisotopic (exact) mass is 303 g/mol. The number of fused-ring (bicyclic) bond motifs is 1. The van der Waals surface area contributed by atoms with Crippen LogP contribution in [0.15, 0.2) is 12.1 Å². The van der Waals surface area contributed by atoms with Gasteiger partial charge in [0, 0.05) is 13.2 Å². The van der Waals surface area contributed by atoms with Gasteiger partial charge in [0.1, 0.15) is 5.82 Å². The number of alkyl halides is 3. The van der Waals surface area contributed by atoms with E-state index < -0.39 is 12.0 Å². The van der Waals surface area contributed by atoms with Crippen LogP contribution in [0.25, 0.3) is 5.65 Å². The molecule has 0 aliphatic rings. The van der Waals surface area contributed by atoms with Gasteiger partial charge in [-0.2, -0.15) is 17.7 Å². The van der Waals surface area contributed by atoms with E-state index in [9.17, 15) is 13.2 Å². The van der Waals surface area contributed by atoms with Crippen LogP contribution in [0.1, 0.15) is 26.1 Å². The Morgan fingerprint density at radius 1 is 1.24 bits per heavy atom. The second kappa shape index (κ2) is 5.47. The van der Waals surface area contributed by atoms with Crippen molar-refractivity contribution < 1.29 is 18.3 Å². The first-order chi connectivity index (χ1) is 9.73. The summed E-state index contributed by atoms with van der Waals surface area (Å²) in [4.78, 5) is 0. The lowest BCUT2D eigenvalue weighted by molar-refractivity contribution is -0.146. The number of aliphatic hydroxyl groups is 1. The lowest BCUT2D eigenvalue weighted by atomic mass is 9.90. The van der Waals surface area contributed by atoms with Crippen molar-refractivity contribution >= 4 is 11.5 Å². The third-order valence-corrected chi connectivity index (χ3v) is 3.05. The van der Waals surface area contributed by atoms with E-state index in [2.05, 4.69) is 20.6 Å². The Labute approximate surface area is 119 Å². The highest BCUT2D eigenvalue weighted by Gasteiger charge is 2.37. The van der Waals surface area contributed by atoms with Crippen LogP contribution < -0.4 is 5.32 Å². The maximum absolute atomic E-state index is 12.7. The number of rotatable bonds is 5. The third kappa shape index (κ3) is 3.60. The first-order valence-electron chi connectivity index (χ1n) is 6.37. The summed E-state index contributed by atoms with van der Waals surface area (Å²) in [5.74, 6) is -0.866. The number of nitrogens with zero attached hydrogens (tertiary/aromatic N) is 4. The second-order valence-electron chi connectivity index (χ2n) is 5.50. The average molecular weight is 303 g/mol. The maximum Gasteiger partial charge on any atom is 0.453 e. The van der Waals surface area contributed by atoms with E-state index in [-0.39, 0.29) is 17.7 Å². The molecule has 0 radical (unpaired) electrons. The van der Waals surface area contributed by atoms with Crippen LogP contribution in [-0.4, -0.2) is 38.1 Å². The van der Waals surface area contributed by atoms with Gasteiger partial charge in [-0.15, -0.1) is 15.3 Å². The summed E-state index contributed by atoms with van der Waals surface area (Å²) in [6.07, 6.45) is -4.04. The smallest absolute Gasteiger partial charge is 0.396 e. The Bertz CT molecular complexity index is 623. The molecule has 0 aromatic carbocycles. The van der Waals surface area contributed by atoms with Gasteiger partial charge in [-0.1, -0.05) is 13.8 Å². The molecule has 116 valence electrons. The van der Waals surface area contributed by atoms with Crippen LogP contribution in [0.2, 0.25) is 0 Å². The SMILES string of the molecule is CC(C)(CCO)CNc1ccc2nnc(C(F)(F)F)n2n1. The molecule has 0 bridgehead atoms. The number of anilines is 1. The minimum Gasteiger partial charge on any atom is -0.396 e. The summed E-state index contributed by atoms with van der Waals surface area (Å²) in [7, 11) is 0. The van der Waals surface area contributed by atoms with Gasteiger partial charge in [-0.25, -0.2) is 0 Å². The summed E-state index contributed by atoms with van der Waals surface area (Å²) in [6, 6.07) is 2.95. The van der Waals surface area contributed by atoms with Gasteiger partial charge in [0.05, 0.1) is 0 Å². The van der Waals surface area contributed by atoms with E-state index in [0.717, 1.165) is 0 Å². The Morgan fingerprint density at radius 3 is 2.57 bits per heavy atom. The predicted octanol–water partition coefficient (Wildman–Crippen LogP) is 1.96. The van der Waals surface area contributed by atoms with Gasteiger partial charge < -0.3 is 10.4 Å². The fraction of sp³-hybridized carbons (Fsp3) is 0.583. The van der Waals surface area contributed by atoms with Gasteiger partial charge >= 0.3 is 6.18 Å². The number of hydrogen-bond acceptors (Lipinski definition) is 5. The lowest BCUT2D eigenvalue weighted by Crippen LogP contribution is -2.25. The highest BCUT2D eigenvalue weighted by molar-refractivity contribution is 5.44. The molecule has 2 rings (SSSR count). The molecule has 0 saturated carbocycles. The molecule has 21 heavy (non-hydrogen) atoms. The third-order valence-electron chi connectivity index (χ3n) is 3.05. The zero-order valence-corrected chi connectivity index (χ0v) is 11.6. The van der Waals surface area contributed by atoms with Crippen LogP contribution in [-0.2, 0) is 6.18 Å². The van der Waals surface area contributed by atoms with Gasteiger partial charge in [0.15, 0.2) is 5.65 Å². The summed E-state index contributed by atoms with van der Waals surface area (Å²) >= 11 is 0. The first kappa shape index (κ1) is 15.5. The predicted molar refractivity (Wildman–Crippen MR) is 69.8 cm³/mol. The van der Waals surface area contributed by atoms with Crippen LogP contribution in [0.4, 0.5) is 19.0 Å². The summed E-state index contributed by atoms with van der Waals surface area (Å²) in [6.45, 7) is 4.39. The van der Waals surface area contributed by atoms with E-state index in [0.29, 0.717) is 23.3 Å². The molecule has 9 heteroatoms. The zero-order chi connectivity index (χ0) is 15.7. The van der Waals surface area contributed by atoms with Gasteiger partial charge in [0.2, 0.25) is 0 Å². The first-order valence-corrected chi connectivity index (χ1v) is 6.37.